The second-order valence-corrected chi connectivity index (χ2v) is 12.6. The maximum atomic E-state index is 13.4. The lowest BCUT2D eigenvalue weighted by molar-refractivity contribution is -0.137. The zero-order valence-corrected chi connectivity index (χ0v) is 17.2. The number of nitrogens with two attached hydrogens (primary N) is 1. The molecule has 3 nitrogen and oxygen atoms in total. The molecule has 1 aromatic rings. The first-order valence-electron chi connectivity index (χ1n) is 7.60. The summed E-state index contributed by atoms with van der Waals surface area (Å²) < 4.78 is 78.9. The van der Waals surface area contributed by atoms with E-state index in [0.717, 1.165) is 0 Å². The molecule has 0 amide bonds. The highest BCUT2D eigenvalue weighted by Crippen LogP contribution is 2.48. The summed E-state index contributed by atoms with van der Waals surface area (Å²) in [5.74, 6) is 2.39. The Bertz CT molecular complexity index is 912. The molecule has 1 heterocycles. The van der Waals surface area contributed by atoms with E-state index in [1.165, 1.54) is 0 Å². The van der Waals surface area contributed by atoms with E-state index in [4.69, 9.17) is 28.9 Å². The third-order valence-corrected chi connectivity index (χ3v) is 4.98. The lowest BCUT2D eigenvalue weighted by Crippen LogP contribution is -2.36. The molecule has 1 unspecified atom stereocenters. The Morgan fingerprint density at radius 1 is 1.00 bits per heavy atom. The van der Waals surface area contributed by atoms with E-state index < -0.39 is 58.5 Å². The standard InChI is InChI=1S/C16H13Cl2F6N3Si/c1-28(2,3)5-4-9-13(16(22,23)24)26-27-14(9,25)12-10(17)6-8(7-11(12)18)15(19,20)21/h6-7H,25H2,1-3H3. The molecule has 28 heavy (non-hydrogen) atoms. The van der Waals surface area contributed by atoms with Gasteiger partial charge in [0, 0.05) is 5.56 Å². The van der Waals surface area contributed by atoms with E-state index in [2.05, 4.69) is 21.7 Å². The molecule has 0 aliphatic carbocycles. The first-order chi connectivity index (χ1) is 12.5. The van der Waals surface area contributed by atoms with E-state index >= 15 is 0 Å². The highest BCUT2D eigenvalue weighted by atomic mass is 35.5. The molecule has 12 heteroatoms. The largest absolute Gasteiger partial charge is 0.436 e. The van der Waals surface area contributed by atoms with Gasteiger partial charge in [-0.2, -0.15) is 31.5 Å². The van der Waals surface area contributed by atoms with Crippen molar-refractivity contribution in [3.05, 3.63) is 44.6 Å². The quantitative estimate of drug-likeness (QED) is 0.299. The maximum absolute atomic E-state index is 13.4. The predicted octanol–water partition coefficient (Wildman–Crippen LogP) is 6.29. The minimum absolute atomic E-state index is 0.438. The molecule has 1 aliphatic heterocycles. The van der Waals surface area contributed by atoms with Gasteiger partial charge in [-0.05, 0) is 12.1 Å². The Hall–Kier alpha value is -1.54. The lowest BCUT2D eigenvalue weighted by atomic mass is 9.91. The minimum atomic E-state index is -4.93. The molecule has 2 N–H and O–H groups in total. The Morgan fingerprint density at radius 2 is 1.50 bits per heavy atom. The van der Waals surface area contributed by atoms with Gasteiger partial charge < -0.3 is 0 Å². The third-order valence-electron chi connectivity index (χ3n) is 3.51. The van der Waals surface area contributed by atoms with Gasteiger partial charge in [0.05, 0.1) is 21.2 Å². The SMILES string of the molecule is C[Si](C)(C)C#CC1=C(C(F)(F)F)N=NC1(N)c1c(Cl)cc(C(F)(F)F)cc1Cl. The van der Waals surface area contributed by atoms with Crippen LogP contribution in [-0.4, -0.2) is 14.3 Å². The van der Waals surface area contributed by atoms with Crippen LogP contribution in [-0.2, 0) is 11.8 Å². The molecule has 0 fully saturated rings. The molecule has 1 aromatic carbocycles. The molecular weight excluding hydrogens is 447 g/mol. The fourth-order valence-corrected chi connectivity index (χ4v) is 3.56. The van der Waals surface area contributed by atoms with Crippen molar-refractivity contribution in [3.63, 3.8) is 0 Å². The smallest absolute Gasteiger partial charge is 0.297 e. The third kappa shape index (κ3) is 4.54. The van der Waals surface area contributed by atoms with Crippen molar-refractivity contribution in [3.8, 4) is 11.5 Å². The number of allylic oxidation sites excluding steroid dienone is 1. The summed E-state index contributed by atoms with van der Waals surface area (Å²) in [7, 11) is -2.15. The predicted molar refractivity (Wildman–Crippen MR) is 96.4 cm³/mol. The molecule has 0 spiro atoms. The molecule has 1 aliphatic rings. The number of halogens is 8. The van der Waals surface area contributed by atoms with Crippen LogP contribution in [0.3, 0.4) is 0 Å². The number of nitrogens with zero attached hydrogens (tertiary/aromatic N) is 2. The van der Waals surface area contributed by atoms with Crippen LogP contribution >= 0.6 is 23.2 Å². The molecule has 0 saturated carbocycles. The van der Waals surface area contributed by atoms with Gasteiger partial charge in [-0.1, -0.05) is 48.8 Å². The normalized spacial score (nSPS) is 20.4. The molecule has 0 saturated heterocycles. The summed E-state index contributed by atoms with van der Waals surface area (Å²) in [6.45, 7) is 5.36. The Labute approximate surface area is 167 Å². The van der Waals surface area contributed by atoms with Gasteiger partial charge in [-0.25, -0.2) is 0 Å². The summed E-state index contributed by atoms with van der Waals surface area (Å²) in [4.78, 5) is 0. The van der Waals surface area contributed by atoms with Crippen molar-refractivity contribution in [2.75, 3.05) is 0 Å². The molecule has 0 aromatic heterocycles. The number of alkyl halides is 6. The molecule has 152 valence electrons. The first-order valence-corrected chi connectivity index (χ1v) is 11.9. The van der Waals surface area contributed by atoms with Crippen molar-refractivity contribution in [1.82, 2.24) is 0 Å². The van der Waals surface area contributed by atoms with Gasteiger partial charge in [0.2, 0.25) is 0 Å². The van der Waals surface area contributed by atoms with Crippen LogP contribution < -0.4 is 5.73 Å². The number of hydrogen-bond acceptors (Lipinski definition) is 3. The lowest BCUT2D eigenvalue weighted by Gasteiger charge is -2.25. The van der Waals surface area contributed by atoms with Crippen LogP contribution in [0.1, 0.15) is 11.1 Å². The maximum Gasteiger partial charge on any atom is 0.436 e. The van der Waals surface area contributed by atoms with Crippen molar-refractivity contribution in [1.29, 1.82) is 0 Å². The highest BCUT2D eigenvalue weighted by molar-refractivity contribution is 6.83. The minimum Gasteiger partial charge on any atom is -0.297 e. The van der Waals surface area contributed by atoms with E-state index in [0.29, 0.717) is 12.1 Å². The summed E-state index contributed by atoms with van der Waals surface area (Å²) in [6, 6.07) is 1.03. The Kier molecular flexibility index (Phi) is 5.73. The van der Waals surface area contributed by atoms with Gasteiger partial charge in [0.25, 0.3) is 0 Å². The average molecular weight is 460 g/mol. The van der Waals surface area contributed by atoms with E-state index in [1.807, 2.05) is 0 Å². The number of rotatable bonds is 1. The van der Waals surface area contributed by atoms with Crippen LogP contribution in [0.2, 0.25) is 29.7 Å². The second kappa shape index (κ2) is 7.06. The zero-order valence-electron chi connectivity index (χ0n) is 14.7. The van der Waals surface area contributed by atoms with Crippen molar-refractivity contribution >= 4 is 31.3 Å². The molecular formula is C16H13Cl2F6N3Si. The fraction of sp³-hybridized carbons (Fsp3) is 0.375. The Morgan fingerprint density at radius 3 is 1.89 bits per heavy atom. The zero-order chi connectivity index (χ0) is 21.7. The molecule has 2 rings (SSSR count). The van der Waals surface area contributed by atoms with Gasteiger partial charge in [-0.3, -0.25) is 5.73 Å². The topological polar surface area (TPSA) is 50.7 Å². The van der Waals surface area contributed by atoms with E-state index in [9.17, 15) is 26.3 Å². The van der Waals surface area contributed by atoms with Crippen molar-refractivity contribution < 1.29 is 26.3 Å². The van der Waals surface area contributed by atoms with Crippen LogP contribution in [0.25, 0.3) is 0 Å². The second-order valence-electron chi connectivity index (χ2n) is 7.00. The first kappa shape index (κ1) is 22.7. The summed E-state index contributed by atoms with van der Waals surface area (Å²) >= 11 is 11.8. The van der Waals surface area contributed by atoms with Gasteiger partial charge in [-0.15, -0.1) is 10.7 Å². The Balaban J connectivity index is 2.78. The number of hydrogen-bond donors (Lipinski definition) is 1. The number of azo groups is 1. The van der Waals surface area contributed by atoms with E-state index in [-0.39, 0.29) is 0 Å². The fourth-order valence-electron chi connectivity index (χ4n) is 2.29. The van der Waals surface area contributed by atoms with Gasteiger partial charge in [0.15, 0.2) is 11.4 Å². The monoisotopic (exact) mass is 459 g/mol. The van der Waals surface area contributed by atoms with Crippen molar-refractivity contribution in [2.24, 2.45) is 16.0 Å². The van der Waals surface area contributed by atoms with Crippen LogP contribution in [0.5, 0.6) is 0 Å². The van der Waals surface area contributed by atoms with Crippen molar-refractivity contribution in [2.45, 2.75) is 37.7 Å². The number of benzene rings is 1. The summed E-state index contributed by atoms with van der Waals surface area (Å²) in [5, 5.41) is 5.35. The average Bonchev–Trinajstić information content (AvgIpc) is 2.80. The molecule has 1 atom stereocenters. The molecule has 0 bridgehead atoms. The highest BCUT2D eigenvalue weighted by Gasteiger charge is 2.50. The van der Waals surface area contributed by atoms with Gasteiger partial charge >= 0.3 is 12.4 Å². The van der Waals surface area contributed by atoms with E-state index in [1.54, 1.807) is 19.6 Å². The van der Waals surface area contributed by atoms with Crippen LogP contribution in [0.4, 0.5) is 26.3 Å². The van der Waals surface area contributed by atoms with Crippen LogP contribution in [0.15, 0.2) is 33.6 Å². The van der Waals surface area contributed by atoms with Gasteiger partial charge in [0.1, 0.15) is 8.07 Å². The summed E-state index contributed by atoms with van der Waals surface area (Å²) in [5.41, 5.74) is 2.64. The molecule has 0 radical (unpaired) electrons. The van der Waals surface area contributed by atoms with Crippen LogP contribution in [0, 0.1) is 11.5 Å². The summed E-state index contributed by atoms with van der Waals surface area (Å²) in [6.07, 6.45) is -9.70.